The zero-order valence-corrected chi connectivity index (χ0v) is 20.0. The Labute approximate surface area is 207 Å². The number of rotatable bonds is 10. The Bertz CT molecular complexity index is 1120. The van der Waals surface area contributed by atoms with Crippen LogP contribution in [0.5, 0.6) is 0 Å². The van der Waals surface area contributed by atoms with Gasteiger partial charge in [-0.25, -0.2) is 23.5 Å². The van der Waals surface area contributed by atoms with Gasteiger partial charge in [0, 0.05) is 62.3 Å². The summed E-state index contributed by atoms with van der Waals surface area (Å²) in [5.41, 5.74) is 0.235. The summed E-state index contributed by atoms with van der Waals surface area (Å²) in [6.45, 7) is 5.08. The van der Waals surface area contributed by atoms with Crippen LogP contribution < -0.4 is 16.0 Å². The first-order valence-corrected chi connectivity index (χ1v) is 11.7. The summed E-state index contributed by atoms with van der Waals surface area (Å²) in [6.07, 6.45) is 3.20. The molecule has 1 fully saturated rings. The van der Waals surface area contributed by atoms with E-state index in [1.807, 2.05) is 12.1 Å². The fourth-order valence-electron chi connectivity index (χ4n) is 3.61. The number of nitrogens with zero attached hydrogens (tertiary/aromatic N) is 4. The van der Waals surface area contributed by atoms with Gasteiger partial charge in [-0.3, -0.25) is 10.2 Å². The minimum absolute atomic E-state index is 0.101. The van der Waals surface area contributed by atoms with E-state index in [4.69, 9.17) is 9.26 Å². The SMILES string of the molecule is CC(F)(CF)Cc1cc(NC(=O)Nc2ccc(-c3cnc(NCCN4CCOCC4)nc3)cc2)no1. The number of carbonyl (C=O) groups excluding carboxylic acids is 1. The van der Waals surface area contributed by atoms with Gasteiger partial charge in [-0.2, -0.15) is 0 Å². The van der Waals surface area contributed by atoms with Crippen molar-refractivity contribution in [2.45, 2.75) is 19.0 Å². The van der Waals surface area contributed by atoms with Crippen LogP contribution in [0, 0.1) is 0 Å². The van der Waals surface area contributed by atoms with Crippen LogP contribution in [-0.2, 0) is 11.2 Å². The summed E-state index contributed by atoms with van der Waals surface area (Å²) in [6, 6.07) is 7.98. The average Bonchev–Trinajstić information content (AvgIpc) is 3.31. The van der Waals surface area contributed by atoms with Crippen molar-refractivity contribution in [3.63, 3.8) is 0 Å². The number of aromatic nitrogens is 3. The molecule has 3 N–H and O–H groups in total. The first-order valence-electron chi connectivity index (χ1n) is 11.7. The van der Waals surface area contributed by atoms with Gasteiger partial charge in [0.25, 0.3) is 0 Å². The molecule has 1 aliphatic heterocycles. The molecular formula is C24H29F2N7O3. The minimum Gasteiger partial charge on any atom is -0.379 e. The summed E-state index contributed by atoms with van der Waals surface area (Å²) in [5, 5.41) is 12.1. The van der Waals surface area contributed by atoms with Gasteiger partial charge in [0.2, 0.25) is 5.95 Å². The summed E-state index contributed by atoms with van der Waals surface area (Å²) in [7, 11) is 0. The van der Waals surface area contributed by atoms with Gasteiger partial charge in [0.1, 0.15) is 18.1 Å². The van der Waals surface area contributed by atoms with E-state index in [1.54, 1.807) is 24.5 Å². The monoisotopic (exact) mass is 501 g/mol. The fraction of sp³-hybridized carbons (Fsp3) is 0.417. The third-order valence-corrected chi connectivity index (χ3v) is 5.56. The number of alkyl halides is 2. The molecule has 0 spiro atoms. The molecule has 192 valence electrons. The lowest BCUT2D eigenvalue weighted by Gasteiger charge is -2.26. The maximum Gasteiger partial charge on any atom is 0.324 e. The van der Waals surface area contributed by atoms with E-state index in [2.05, 4.69) is 36.0 Å². The van der Waals surface area contributed by atoms with Gasteiger partial charge in [0.05, 0.1) is 13.2 Å². The number of hydrogen-bond donors (Lipinski definition) is 3. The number of halogens is 2. The van der Waals surface area contributed by atoms with E-state index in [9.17, 15) is 13.6 Å². The number of urea groups is 1. The van der Waals surface area contributed by atoms with Crippen molar-refractivity contribution in [1.82, 2.24) is 20.0 Å². The molecular weight excluding hydrogens is 472 g/mol. The predicted molar refractivity (Wildman–Crippen MR) is 132 cm³/mol. The highest BCUT2D eigenvalue weighted by Crippen LogP contribution is 2.22. The van der Waals surface area contributed by atoms with Crippen molar-refractivity contribution in [3.05, 3.63) is 48.5 Å². The maximum atomic E-state index is 13.8. The number of amides is 2. The lowest BCUT2D eigenvalue weighted by atomic mass is 10.1. The van der Waals surface area contributed by atoms with Gasteiger partial charge in [-0.15, -0.1) is 0 Å². The summed E-state index contributed by atoms with van der Waals surface area (Å²) < 4.78 is 36.7. The lowest BCUT2D eigenvalue weighted by Crippen LogP contribution is -2.39. The molecule has 1 unspecified atom stereocenters. The van der Waals surface area contributed by atoms with Crippen LogP contribution in [0.1, 0.15) is 12.7 Å². The Morgan fingerprint density at radius 1 is 1.11 bits per heavy atom. The van der Waals surface area contributed by atoms with Gasteiger partial charge >= 0.3 is 6.03 Å². The summed E-state index contributed by atoms with van der Waals surface area (Å²) in [4.78, 5) is 23.3. The van der Waals surface area contributed by atoms with Crippen LogP contribution in [0.2, 0.25) is 0 Å². The van der Waals surface area contributed by atoms with Crippen LogP contribution in [-0.4, -0.2) is 77.8 Å². The number of benzene rings is 1. The van der Waals surface area contributed by atoms with E-state index in [0.29, 0.717) is 11.6 Å². The highest BCUT2D eigenvalue weighted by Gasteiger charge is 2.26. The molecule has 1 aliphatic rings. The van der Waals surface area contributed by atoms with Crippen molar-refractivity contribution in [1.29, 1.82) is 0 Å². The molecule has 0 aliphatic carbocycles. The highest BCUT2D eigenvalue weighted by atomic mass is 19.2. The Kier molecular flexibility index (Phi) is 8.39. The molecule has 2 amide bonds. The Morgan fingerprint density at radius 2 is 1.83 bits per heavy atom. The largest absolute Gasteiger partial charge is 0.379 e. The molecule has 0 radical (unpaired) electrons. The van der Waals surface area contributed by atoms with E-state index in [0.717, 1.165) is 57.4 Å². The smallest absolute Gasteiger partial charge is 0.324 e. The lowest BCUT2D eigenvalue weighted by molar-refractivity contribution is 0.0398. The molecule has 1 aromatic carbocycles. The second kappa shape index (κ2) is 11.9. The molecule has 4 rings (SSSR count). The van der Waals surface area contributed by atoms with Crippen molar-refractivity contribution >= 4 is 23.5 Å². The van der Waals surface area contributed by atoms with Crippen LogP contribution in [0.25, 0.3) is 11.1 Å². The molecule has 3 heterocycles. The Balaban J connectivity index is 1.24. The second-order valence-electron chi connectivity index (χ2n) is 8.73. The van der Waals surface area contributed by atoms with E-state index in [-0.39, 0.29) is 18.0 Å². The topological polar surface area (TPSA) is 117 Å². The number of anilines is 3. The number of ether oxygens (including phenoxy) is 1. The summed E-state index contributed by atoms with van der Waals surface area (Å²) >= 11 is 0. The first kappa shape index (κ1) is 25.5. The van der Waals surface area contributed by atoms with Crippen LogP contribution in [0.3, 0.4) is 0 Å². The standard InChI is InChI=1S/C24H29F2N7O3/c1-24(26,16-25)13-20-12-21(32-36-20)31-23(34)30-19-4-2-17(3-5-19)18-14-28-22(29-15-18)27-6-7-33-8-10-35-11-9-33/h2-5,12,14-15H,6-11,13,16H2,1H3,(H,27,28,29)(H2,30,31,32,34). The van der Waals surface area contributed by atoms with E-state index in [1.165, 1.54) is 6.07 Å². The Hall–Kier alpha value is -3.64. The number of hydrogen-bond acceptors (Lipinski definition) is 8. The molecule has 3 aromatic rings. The second-order valence-corrected chi connectivity index (χ2v) is 8.73. The fourth-order valence-corrected chi connectivity index (χ4v) is 3.61. The molecule has 12 heteroatoms. The minimum atomic E-state index is -2.05. The van der Waals surface area contributed by atoms with E-state index >= 15 is 0 Å². The first-order chi connectivity index (χ1) is 17.4. The van der Waals surface area contributed by atoms with Crippen molar-refractivity contribution in [3.8, 4) is 11.1 Å². The predicted octanol–water partition coefficient (Wildman–Crippen LogP) is 3.76. The third kappa shape index (κ3) is 7.43. The van der Waals surface area contributed by atoms with Crippen LogP contribution >= 0.6 is 0 Å². The molecule has 0 bridgehead atoms. The average molecular weight is 502 g/mol. The molecule has 2 aromatic heterocycles. The zero-order chi connectivity index (χ0) is 25.4. The summed E-state index contributed by atoms with van der Waals surface area (Å²) in [5.74, 6) is 0.807. The molecule has 10 nitrogen and oxygen atoms in total. The normalized spacial score (nSPS) is 15.8. The highest BCUT2D eigenvalue weighted by molar-refractivity contribution is 5.99. The zero-order valence-electron chi connectivity index (χ0n) is 20.0. The number of morpholine rings is 1. The quantitative estimate of drug-likeness (QED) is 0.385. The van der Waals surface area contributed by atoms with E-state index < -0.39 is 18.4 Å². The van der Waals surface area contributed by atoms with Crippen molar-refractivity contribution < 1.29 is 22.8 Å². The maximum absolute atomic E-state index is 13.8. The number of nitrogens with one attached hydrogen (secondary N) is 3. The van der Waals surface area contributed by atoms with Crippen LogP contribution in [0.4, 0.5) is 31.0 Å². The van der Waals surface area contributed by atoms with Gasteiger partial charge in [-0.1, -0.05) is 17.3 Å². The van der Waals surface area contributed by atoms with Crippen molar-refractivity contribution in [2.75, 3.05) is 62.0 Å². The molecule has 36 heavy (non-hydrogen) atoms. The van der Waals surface area contributed by atoms with Crippen LogP contribution in [0.15, 0.2) is 47.2 Å². The van der Waals surface area contributed by atoms with Gasteiger partial charge in [0.15, 0.2) is 5.82 Å². The molecule has 1 saturated heterocycles. The molecule has 0 saturated carbocycles. The Morgan fingerprint density at radius 3 is 2.53 bits per heavy atom. The van der Waals surface area contributed by atoms with Gasteiger partial charge in [-0.05, 0) is 24.6 Å². The van der Waals surface area contributed by atoms with Gasteiger partial charge < -0.3 is 19.9 Å². The third-order valence-electron chi connectivity index (χ3n) is 5.56. The molecule has 1 atom stereocenters. The van der Waals surface area contributed by atoms with Crippen molar-refractivity contribution in [2.24, 2.45) is 0 Å². The number of carbonyl (C=O) groups is 1.